The van der Waals surface area contributed by atoms with Crippen LogP contribution in [0.15, 0.2) is 41.2 Å². The van der Waals surface area contributed by atoms with E-state index >= 15 is 0 Å². The van der Waals surface area contributed by atoms with Crippen LogP contribution in [0.2, 0.25) is 18.1 Å². The standard InChI is InChI=1S/C23H28N2OSi/c1-7-15-10-8-11-16-20(15)24-21-17(22(16)27(5,6)23(2,3)4)14-25-18(21)12-9-13-19(25)26/h8-13H,7,14H2,1-6H3. The number of aromatic nitrogens is 2. The minimum atomic E-state index is -1.85. The van der Waals surface area contributed by atoms with Crippen LogP contribution < -0.4 is 10.7 Å². The molecule has 0 bridgehead atoms. The van der Waals surface area contributed by atoms with Gasteiger partial charge in [-0.05, 0) is 33.8 Å². The zero-order chi connectivity index (χ0) is 19.6. The molecule has 0 amide bonds. The highest BCUT2D eigenvalue weighted by molar-refractivity contribution is 6.94. The molecule has 1 aliphatic heterocycles. The Bertz CT molecular complexity index is 1120. The van der Waals surface area contributed by atoms with Gasteiger partial charge in [0, 0.05) is 11.5 Å². The van der Waals surface area contributed by atoms with Gasteiger partial charge < -0.3 is 4.57 Å². The van der Waals surface area contributed by atoms with Gasteiger partial charge >= 0.3 is 0 Å². The predicted octanol–water partition coefficient (Wildman–Crippen LogP) is 4.70. The van der Waals surface area contributed by atoms with E-state index in [4.69, 9.17) is 4.98 Å². The summed E-state index contributed by atoms with van der Waals surface area (Å²) in [6.45, 7) is 14.8. The summed E-state index contributed by atoms with van der Waals surface area (Å²) >= 11 is 0. The summed E-state index contributed by atoms with van der Waals surface area (Å²) in [5.74, 6) is 0. The van der Waals surface area contributed by atoms with Crippen LogP contribution in [0, 0.1) is 0 Å². The molecule has 3 aromatic rings. The number of hydrogen-bond donors (Lipinski definition) is 0. The average molecular weight is 377 g/mol. The fraction of sp³-hybridized carbons (Fsp3) is 0.391. The van der Waals surface area contributed by atoms with Gasteiger partial charge in [-0.1, -0.05) is 65.1 Å². The molecule has 27 heavy (non-hydrogen) atoms. The summed E-state index contributed by atoms with van der Waals surface area (Å²) in [5, 5.41) is 2.98. The molecule has 140 valence electrons. The first kappa shape index (κ1) is 18.2. The van der Waals surface area contributed by atoms with Gasteiger partial charge in [0.25, 0.3) is 5.56 Å². The van der Waals surface area contributed by atoms with E-state index in [9.17, 15) is 4.79 Å². The third kappa shape index (κ3) is 2.53. The monoisotopic (exact) mass is 376 g/mol. The molecule has 0 spiro atoms. The topological polar surface area (TPSA) is 34.9 Å². The molecule has 3 heterocycles. The minimum Gasteiger partial charge on any atom is -0.302 e. The van der Waals surface area contributed by atoms with Gasteiger partial charge in [-0.2, -0.15) is 0 Å². The highest BCUT2D eigenvalue weighted by Crippen LogP contribution is 2.40. The lowest BCUT2D eigenvalue weighted by Crippen LogP contribution is -2.51. The van der Waals surface area contributed by atoms with Crippen LogP contribution in [0.1, 0.15) is 38.8 Å². The lowest BCUT2D eigenvalue weighted by Gasteiger charge is -2.39. The average Bonchev–Trinajstić information content (AvgIpc) is 2.97. The van der Waals surface area contributed by atoms with Crippen molar-refractivity contribution in [3.05, 3.63) is 57.9 Å². The molecule has 4 heteroatoms. The number of pyridine rings is 2. The van der Waals surface area contributed by atoms with Crippen molar-refractivity contribution in [1.82, 2.24) is 9.55 Å². The Labute approximate surface area is 162 Å². The Hall–Kier alpha value is -2.20. The number of fused-ring (bicyclic) bond motifs is 4. The second kappa shape index (κ2) is 5.90. The van der Waals surface area contributed by atoms with Crippen molar-refractivity contribution < 1.29 is 0 Å². The smallest absolute Gasteiger partial charge is 0.251 e. The molecule has 0 unspecified atom stereocenters. The minimum absolute atomic E-state index is 0.0615. The Morgan fingerprint density at radius 2 is 1.81 bits per heavy atom. The van der Waals surface area contributed by atoms with Gasteiger partial charge in [0.05, 0.1) is 31.5 Å². The second-order valence-corrected chi connectivity index (χ2v) is 14.4. The molecule has 0 fully saturated rings. The van der Waals surface area contributed by atoms with Crippen LogP contribution in [0.5, 0.6) is 0 Å². The summed E-state index contributed by atoms with van der Waals surface area (Å²) in [6, 6.07) is 12.1. The molecule has 0 saturated carbocycles. The summed E-state index contributed by atoms with van der Waals surface area (Å²) in [7, 11) is -1.85. The first-order valence-electron chi connectivity index (χ1n) is 9.82. The molecule has 4 rings (SSSR count). The molecule has 0 atom stereocenters. The van der Waals surface area contributed by atoms with Crippen molar-refractivity contribution in [2.75, 3.05) is 0 Å². The molecule has 0 N–H and O–H groups in total. The van der Waals surface area contributed by atoms with Gasteiger partial charge in [0.1, 0.15) is 0 Å². The first-order chi connectivity index (χ1) is 12.7. The lowest BCUT2D eigenvalue weighted by atomic mass is 10.0. The summed E-state index contributed by atoms with van der Waals surface area (Å²) in [5.41, 5.74) is 5.71. The number of aryl methyl sites for hydroxylation is 1. The fourth-order valence-electron chi connectivity index (χ4n) is 4.17. The number of nitrogens with zero attached hydrogens (tertiary/aromatic N) is 2. The molecule has 0 saturated heterocycles. The Morgan fingerprint density at radius 1 is 1.11 bits per heavy atom. The van der Waals surface area contributed by atoms with Crippen LogP contribution in [0.4, 0.5) is 0 Å². The number of hydrogen-bond acceptors (Lipinski definition) is 2. The largest absolute Gasteiger partial charge is 0.302 e. The maximum Gasteiger partial charge on any atom is 0.251 e. The fourth-order valence-corrected chi connectivity index (χ4v) is 6.75. The maximum atomic E-state index is 12.5. The summed E-state index contributed by atoms with van der Waals surface area (Å²) < 4.78 is 1.89. The van der Waals surface area contributed by atoms with Crippen LogP contribution >= 0.6 is 0 Å². The molecular formula is C23H28N2OSi. The van der Waals surface area contributed by atoms with Crippen molar-refractivity contribution in [3.8, 4) is 11.4 Å². The normalized spacial score (nSPS) is 13.7. The van der Waals surface area contributed by atoms with Crippen molar-refractivity contribution in [3.63, 3.8) is 0 Å². The third-order valence-corrected chi connectivity index (χ3v) is 12.3. The van der Waals surface area contributed by atoms with E-state index in [1.165, 1.54) is 21.7 Å². The van der Waals surface area contributed by atoms with Crippen molar-refractivity contribution in [1.29, 1.82) is 0 Å². The van der Waals surface area contributed by atoms with E-state index in [1.54, 1.807) is 6.07 Å². The van der Waals surface area contributed by atoms with E-state index < -0.39 is 8.07 Å². The Kier molecular flexibility index (Phi) is 3.97. The highest BCUT2D eigenvalue weighted by atomic mass is 28.3. The quantitative estimate of drug-likeness (QED) is 0.475. The number of rotatable bonds is 2. The predicted molar refractivity (Wildman–Crippen MR) is 117 cm³/mol. The van der Waals surface area contributed by atoms with Gasteiger partial charge in [-0.15, -0.1) is 0 Å². The maximum absolute atomic E-state index is 12.5. The molecule has 2 aromatic heterocycles. The van der Waals surface area contributed by atoms with Crippen LogP contribution in [0.3, 0.4) is 0 Å². The third-order valence-electron chi connectivity index (χ3n) is 6.69. The summed E-state index contributed by atoms with van der Waals surface area (Å²) in [4.78, 5) is 17.6. The SMILES string of the molecule is CCc1cccc2c([Si](C)(C)C(C)(C)C)c3c(nc12)-c1cccc(=O)n1C3. The molecule has 1 aliphatic rings. The highest BCUT2D eigenvalue weighted by Gasteiger charge is 2.42. The van der Waals surface area contributed by atoms with Gasteiger partial charge in [0.2, 0.25) is 0 Å². The van der Waals surface area contributed by atoms with Gasteiger partial charge in [-0.3, -0.25) is 4.79 Å². The van der Waals surface area contributed by atoms with Gasteiger partial charge in [-0.25, -0.2) is 4.98 Å². The van der Waals surface area contributed by atoms with Crippen molar-refractivity contribution in [2.45, 2.75) is 58.8 Å². The molecule has 1 aromatic carbocycles. The zero-order valence-electron chi connectivity index (χ0n) is 17.2. The van der Waals surface area contributed by atoms with E-state index in [2.05, 4.69) is 59.0 Å². The lowest BCUT2D eigenvalue weighted by molar-refractivity contribution is 0.728. The molecule has 0 radical (unpaired) electrons. The van der Waals surface area contributed by atoms with Crippen LogP contribution in [-0.2, 0) is 13.0 Å². The van der Waals surface area contributed by atoms with Crippen LogP contribution in [-0.4, -0.2) is 17.6 Å². The van der Waals surface area contributed by atoms with E-state index in [-0.39, 0.29) is 10.6 Å². The number of para-hydroxylation sites is 1. The van der Waals surface area contributed by atoms with Crippen LogP contribution in [0.25, 0.3) is 22.3 Å². The zero-order valence-corrected chi connectivity index (χ0v) is 18.2. The van der Waals surface area contributed by atoms with Crippen molar-refractivity contribution >= 4 is 24.2 Å². The Balaban J connectivity index is 2.18. The molecular weight excluding hydrogens is 348 g/mol. The first-order valence-corrected chi connectivity index (χ1v) is 12.8. The Morgan fingerprint density at radius 3 is 2.48 bits per heavy atom. The van der Waals surface area contributed by atoms with Crippen molar-refractivity contribution in [2.24, 2.45) is 0 Å². The second-order valence-electron chi connectivity index (χ2n) is 9.19. The molecule has 3 nitrogen and oxygen atoms in total. The van der Waals surface area contributed by atoms with E-state index in [0.717, 1.165) is 23.3 Å². The van der Waals surface area contributed by atoms with E-state index in [1.807, 2.05) is 16.7 Å². The van der Waals surface area contributed by atoms with Gasteiger partial charge in [0.15, 0.2) is 0 Å². The molecule has 0 aliphatic carbocycles. The number of benzene rings is 1. The van der Waals surface area contributed by atoms with E-state index in [0.29, 0.717) is 6.54 Å². The summed E-state index contributed by atoms with van der Waals surface area (Å²) in [6.07, 6.45) is 0.960.